The number of nitrogens with one attached hydrogen (secondary N) is 2. The molecule has 9 rings (SSSR count). The molecule has 0 saturated carbocycles. The molecular formula is C43H31N3O. The van der Waals surface area contributed by atoms with Crippen molar-refractivity contribution in [1.29, 1.82) is 0 Å². The van der Waals surface area contributed by atoms with E-state index < -0.39 is 0 Å². The number of benzene rings is 7. The van der Waals surface area contributed by atoms with Crippen LogP contribution in [-0.4, -0.2) is 5.84 Å². The summed E-state index contributed by atoms with van der Waals surface area (Å²) in [5.74, 6) is 0.874. The molecule has 4 heteroatoms. The monoisotopic (exact) mass is 605 g/mol. The zero-order valence-electron chi connectivity index (χ0n) is 25.6. The van der Waals surface area contributed by atoms with Crippen LogP contribution in [0, 0.1) is 0 Å². The second-order valence-electron chi connectivity index (χ2n) is 12.1. The zero-order valence-corrected chi connectivity index (χ0v) is 25.6. The number of fused-ring (bicyclic) bond motifs is 5. The summed E-state index contributed by atoms with van der Waals surface area (Å²) in [4.78, 5) is 5.19. The summed E-state index contributed by atoms with van der Waals surface area (Å²) < 4.78 is 6.14. The number of nitrogens with zero attached hydrogens (tertiary/aromatic N) is 1. The molecule has 0 saturated heterocycles. The quantitative estimate of drug-likeness (QED) is 0.205. The molecule has 2 N–H and O–H groups in total. The van der Waals surface area contributed by atoms with Crippen LogP contribution in [0.4, 0.5) is 0 Å². The van der Waals surface area contributed by atoms with Gasteiger partial charge in [-0.1, -0.05) is 140 Å². The van der Waals surface area contributed by atoms with Gasteiger partial charge in [0.05, 0.1) is 0 Å². The van der Waals surface area contributed by atoms with Crippen molar-refractivity contribution in [3.8, 4) is 22.3 Å². The van der Waals surface area contributed by atoms with E-state index in [1.165, 1.54) is 32.8 Å². The van der Waals surface area contributed by atoms with Gasteiger partial charge in [-0.15, -0.1) is 0 Å². The Morgan fingerprint density at radius 3 is 1.98 bits per heavy atom. The van der Waals surface area contributed by atoms with Gasteiger partial charge in [0.15, 0.2) is 0 Å². The highest BCUT2D eigenvalue weighted by molar-refractivity contribution is 6.19. The Labute approximate surface area is 273 Å². The molecular weight excluding hydrogens is 574 g/mol. The van der Waals surface area contributed by atoms with Gasteiger partial charge >= 0.3 is 0 Å². The highest BCUT2D eigenvalue weighted by Crippen LogP contribution is 2.37. The molecule has 0 radical (unpaired) electrons. The predicted molar refractivity (Wildman–Crippen MR) is 193 cm³/mol. The van der Waals surface area contributed by atoms with Gasteiger partial charge < -0.3 is 9.73 Å². The molecule has 0 aliphatic carbocycles. The summed E-state index contributed by atoms with van der Waals surface area (Å²) in [5, 5.41) is 12.2. The molecule has 1 aliphatic heterocycles. The average molecular weight is 606 g/mol. The fraction of sp³-hybridized carbons (Fsp3) is 0.0465. The number of rotatable bonds is 5. The van der Waals surface area contributed by atoms with Crippen molar-refractivity contribution in [3.63, 3.8) is 0 Å². The number of aliphatic imine (C=N–C) groups is 1. The van der Waals surface area contributed by atoms with Crippen LogP contribution in [0.5, 0.6) is 0 Å². The smallest absolute Gasteiger partial charge is 0.136 e. The van der Waals surface area contributed by atoms with E-state index in [1.54, 1.807) is 0 Å². The summed E-state index contributed by atoms with van der Waals surface area (Å²) in [5.41, 5.74) is 9.89. The Hall–Kier alpha value is -5.97. The summed E-state index contributed by atoms with van der Waals surface area (Å²) in [6, 6.07) is 57.6. The molecule has 1 aromatic heterocycles. The number of hydrogen-bond donors (Lipinski definition) is 2. The van der Waals surface area contributed by atoms with Crippen LogP contribution in [0.2, 0.25) is 0 Å². The first-order valence-electron chi connectivity index (χ1n) is 16.0. The molecule has 2 atom stereocenters. The lowest BCUT2D eigenvalue weighted by Gasteiger charge is -2.32. The van der Waals surface area contributed by atoms with Crippen molar-refractivity contribution in [2.24, 2.45) is 4.99 Å². The third-order valence-electron chi connectivity index (χ3n) is 9.16. The van der Waals surface area contributed by atoms with Crippen molar-refractivity contribution >= 4 is 38.5 Å². The maximum absolute atomic E-state index is 6.14. The number of para-hydroxylation sites is 1. The van der Waals surface area contributed by atoms with Crippen LogP contribution in [0.25, 0.3) is 55.0 Å². The summed E-state index contributed by atoms with van der Waals surface area (Å²) >= 11 is 0. The van der Waals surface area contributed by atoms with Crippen LogP contribution >= 0.6 is 0 Å². The van der Waals surface area contributed by atoms with Crippen molar-refractivity contribution < 1.29 is 4.42 Å². The van der Waals surface area contributed by atoms with Crippen molar-refractivity contribution in [1.82, 2.24) is 10.6 Å². The first-order chi connectivity index (χ1) is 23.3. The Bertz CT molecular complexity index is 2410. The van der Waals surface area contributed by atoms with E-state index in [2.05, 4.69) is 150 Å². The molecule has 1 aliphatic rings. The minimum Gasteiger partial charge on any atom is -0.456 e. The van der Waals surface area contributed by atoms with Gasteiger partial charge in [0.2, 0.25) is 0 Å². The predicted octanol–water partition coefficient (Wildman–Crippen LogP) is 10.4. The number of furan rings is 1. The lowest BCUT2D eigenvalue weighted by Crippen LogP contribution is -2.44. The van der Waals surface area contributed by atoms with Crippen molar-refractivity contribution in [2.45, 2.75) is 12.3 Å². The minimum absolute atomic E-state index is 0.117. The summed E-state index contributed by atoms with van der Waals surface area (Å²) in [6.45, 7) is 0. The van der Waals surface area contributed by atoms with E-state index in [4.69, 9.17) is 9.41 Å². The Kier molecular flexibility index (Phi) is 6.65. The first-order valence-corrected chi connectivity index (χ1v) is 16.0. The maximum atomic E-state index is 6.14. The lowest BCUT2D eigenvalue weighted by molar-refractivity contribution is 0.409. The van der Waals surface area contributed by atoms with Gasteiger partial charge in [0, 0.05) is 16.3 Å². The van der Waals surface area contributed by atoms with Gasteiger partial charge in [-0.3, -0.25) is 5.32 Å². The largest absolute Gasteiger partial charge is 0.456 e. The Morgan fingerprint density at radius 1 is 0.468 bits per heavy atom. The molecule has 0 spiro atoms. The first kappa shape index (κ1) is 27.3. The molecule has 7 aromatic carbocycles. The molecule has 8 aromatic rings. The molecule has 224 valence electrons. The molecule has 0 bridgehead atoms. The van der Waals surface area contributed by atoms with Crippen LogP contribution < -0.4 is 10.6 Å². The SMILES string of the molecule is c1ccc(C2=NC(c3cccc(-c4ccc5c(ccc6oc7ccccc7c65)c4)c3)NC(c3ccc(-c4ccccc4)cc3)N2)cc1. The summed E-state index contributed by atoms with van der Waals surface area (Å²) in [6.07, 6.45) is -0.350. The van der Waals surface area contributed by atoms with Crippen LogP contribution in [0.1, 0.15) is 29.0 Å². The lowest BCUT2D eigenvalue weighted by atomic mass is 9.96. The standard InChI is InChI=1S/C43H31N3O/c1-3-10-28(11-4-1)29-18-20-31(21-19-29)42-44-41(30-12-5-2-6-13-30)45-43(46-42)35-15-9-14-32(27-35)33-22-24-36-34(26-33)23-25-39-40(36)37-16-7-8-17-38(37)47-39/h1-27,42-43,46H,(H,44,45). The summed E-state index contributed by atoms with van der Waals surface area (Å²) in [7, 11) is 0. The second-order valence-corrected chi connectivity index (χ2v) is 12.1. The van der Waals surface area contributed by atoms with Gasteiger partial charge in [-0.25, -0.2) is 4.99 Å². The maximum Gasteiger partial charge on any atom is 0.136 e. The third-order valence-corrected chi connectivity index (χ3v) is 9.16. The highest BCUT2D eigenvalue weighted by atomic mass is 16.3. The number of hydrogen-bond acceptors (Lipinski definition) is 4. The van der Waals surface area contributed by atoms with Crippen molar-refractivity contribution in [3.05, 3.63) is 180 Å². The topological polar surface area (TPSA) is 49.6 Å². The van der Waals surface area contributed by atoms with Gasteiger partial charge in [0.25, 0.3) is 0 Å². The van der Waals surface area contributed by atoms with E-state index >= 15 is 0 Å². The number of amidine groups is 1. The molecule has 2 heterocycles. The second kappa shape index (κ2) is 11.4. The van der Waals surface area contributed by atoms with Crippen LogP contribution in [-0.2, 0) is 0 Å². The Morgan fingerprint density at radius 2 is 1.15 bits per heavy atom. The van der Waals surface area contributed by atoms with Crippen LogP contribution in [0.15, 0.2) is 173 Å². The van der Waals surface area contributed by atoms with Gasteiger partial charge in [-0.05, 0) is 68.4 Å². The van der Waals surface area contributed by atoms with Crippen LogP contribution in [0.3, 0.4) is 0 Å². The molecule has 0 amide bonds. The van der Waals surface area contributed by atoms with Gasteiger partial charge in [-0.2, -0.15) is 0 Å². The van der Waals surface area contributed by atoms with E-state index in [1.807, 2.05) is 24.3 Å². The fourth-order valence-corrected chi connectivity index (χ4v) is 6.76. The Balaban J connectivity index is 1.07. The van der Waals surface area contributed by atoms with E-state index in [0.29, 0.717) is 0 Å². The van der Waals surface area contributed by atoms with E-state index in [-0.39, 0.29) is 12.3 Å². The molecule has 4 nitrogen and oxygen atoms in total. The molecule has 0 fully saturated rings. The normalized spacial score (nSPS) is 16.3. The van der Waals surface area contributed by atoms with Gasteiger partial charge in [0.1, 0.15) is 29.3 Å². The average Bonchev–Trinajstić information content (AvgIpc) is 3.55. The highest BCUT2D eigenvalue weighted by Gasteiger charge is 2.25. The minimum atomic E-state index is -0.234. The molecule has 2 unspecified atom stereocenters. The fourth-order valence-electron chi connectivity index (χ4n) is 6.76. The van der Waals surface area contributed by atoms with Crippen molar-refractivity contribution in [2.75, 3.05) is 0 Å². The molecule has 47 heavy (non-hydrogen) atoms. The third kappa shape index (κ3) is 5.05. The van der Waals surface area contributed by atoms with E-state index in [0.717, 1.165) is 44.6 Å². The zero-order chi connectivity index (χ0) is 31.2. The van der Waals surface area contributed by atoms with E-state index in [9.17, 15) is 0 Å².